The van der Waals surface area contributed by atoms with Crippen LogP contribution >= 0.6 is 0 Å². The van der Waals surface area contributed by atoms with Gasteiger partial charge in [-0.2, -0.15) is 0 Å². The van der Waals surface area contributed by atoms with Crippen LogP contribution in [0.1, 0.15) is 43.4 Å². The molecule has 2 aromatic heterocycles. The molecule has 1 N–H and O–H groups in total. The topological polar surface area (TPSA) is 93.0 Å². The first-order valence-electron chi connectivity index (χ1n) is 11.0. The molecule has 4 bridgehead atoms. The highest BCUT2D eigenvalue weighted by molar-refractivity contribution is 6.05. The van der Waals surface area contributed by atoms with Gasteiger partial charge in [0, 0.05) is 36.6 Å². The third kappa shape index (κ3) is 3.32. The Morgan fingerprint density at radius 1 is 0.900 bits per heavy atom. The third-order valence-electron chi connectivity index (χ3n) is 7.79. The summed E-state index contributed by atoms with van der Waals surface area (Å²) in [6, 6.07) is 5.33. The van der Waals surface area contributed by atoms with Gasteiger partial charge >= 0.3 is 5.97 Å². The molecule has 156 valence electrons. The second-order valence-corrected chi connectivity index (χ2v) is 9.62. The Hall–Kier alpha value is -2.63. The fourth-order valence-corrected chi connectivity index (χ4v) is 6.75. The van der Waals surface area contributed by atoms with Gasteiger partial charge in [-0.15, -0.1) is 0 Å². The molecule has 0 saturated heterocycles. The number of hydrogen-bond donors (Lipinski definition) is 1. The van der Waals surface area contributed by atoms with E-state index in [-0.39, 0.29) is 24.5 Å². The molecule has 1 unspecified atom stereocenters. The minimum Gasteiger partial charge on any atom is -0.480 e. The molecule has 0 amide bonds. The van der Waals surface area contributed by atoms with Crippen LogP contribution in [0.15, 0.2) is 43.1 Å². The Morgan fingerprint density at radius 3 is 2.10 bits per heavy atom. The number of carbonyl (C=O) groups excluding carboxylic acids is 1. The molecule has 4 aliphatic carbocycles. The van der Waals surface area contributed by atoms with E-state index in [2.05, 4.69) is 15.0 Å². The smallest absolute Gasteiger partial charge is 0.317 e. The van der Waals surface area contributed by atoms with Crippen molar-refractivity contribution in [2.24, 2.45) is 35.0 Å². The average molecular weight is 405 g/mol. The van der Waals surface area contributed by atoms with Gasteiger partial charge in [0.15, 0.2) is 5.78 Å². The molecule has 0 spiro atoms. The lowest BCUT2D eigenvalue weighted by atomic mass is 9.49. The van der Waals surface area contributed by atoms with E-state index >= 15 is 0 Å². The molecular formula is C24H27N3O3. The van der Waals surface area contributed by atoms with Crippen LogP contribution in [0.3, 0.4) is 0 Å². The monoisotopic (exact) mass is 405 g/mol. The molecule has 4 aliphatic rings. The van der Waals surface area contributed by atoms with E-state index in [1.165, 1.54) is 12.7 Å². The molecule has 6 heteroatoms. The van der Waals surface area contributed by atoms with Gasteiger partial charge in [0.1, 0.15) is 11.7 Å². The summed E-state index contributed by atoms with van der Waals surface area (Å²) in [5, 5.41) is 10.5. The van der Waals surface area contributed by atoms with Gasteiger partial charge in [-0.1, -0.05) is 0 Å². The minimum atomic E-state index is -1.52. The molecule has 1 atom stereocenters. The molecule has 0 aromatic carbocycles. The summed E-state index contributed by atoms with van der Waals surface area (Å²) in [4.78, 5) is 39.3. The van der Waals surface area contributed by atoms with Crippen molar-refractivity contribution >= 4 is 11.8 Å². The summed E-state index contributed by atoms with van der Waals surface area (Å²) in [5.74, 6) is 0.884. The summed E-state index contributed by atoms with van der Waals surface area (Å²) >= 11 is 0. The van der Waals surface area contributed by atoms with Crippen LogP contribution in [-0.2, 0) is 22.4 Å². The maximum absolute atomic E-state index is 14.2. The van der Waals surface area contributed by atoms with Crippen LogP contribution < -0.4 is 0 Å². The van der Waals surface area contributed by atoms with Crippen molar-refractivity contribution in [3.63, 3.8) is 0 Å². The Labute approximate surface area is 176 Å². The fraction of sp³-hybridized carbons (Fsp3) is 0.542. The Bertz CT molecular complexity index is 862. The molecule has 6 rings (SSSR count). The number of carboxylic acid groups (broad SMARTS) is 1. The van der Waals surface area contributed by atoms with Crippen molar-refractivity contribution in [1.82, 2.24) is 15.0 Å². The van der Waals surface area contributed by atoms with Crippen molar-refractivity contribution in [1.29, 1.82) is 0 Å². The van der Waals surface area contributed by atoms with Crippen molar-refractivity contribution in [2.75, 3.05) is 0 Å². The first-order valence-corrected chi connectivity index (χ1v) is 11.0. The number of hydrogen-bond acceptors (Lipinski definition) is 5. The molecule has 4 saturated carbocycles. The van der Waals surface area contributed by atoms with E-state index in [9.17, 15) is 14.7 Å². The van der Waals surface area contributed by atoms with Gasteiger partial charge < -0.3 is 5.11 Å². The summed E-state index contributed by atoms with van der Waals surface area (Å²) in [6.45, 7) is 0. The van der Waals surface area contributed by atoms with Gasteiger partial charge in [0.25, 0.3) is 0 Å². The minimum absolute atomic E-state index is 0.0841. The molecule has 2 heterocycles. The summed E-state index contributed by atoms with van der Waals surface area (Å²) in [6.07, 6.45) is 12.2. The van der Waals surface area contributed by atoms with Crippen molar-refractivity contribution in [3.05, 3.63) is 54.4 Å². The highest BCUT2D eigenvalue weighted by atomic mass is 16.4. The van der Waals surface area contributed by atoms with Crippen LogP contribution in [0.4, 0.5) is 0 Å². The van der Waals surface area contributed by atoms with E-state index in [1.807, 2.05) is 12.1 Å². The van der Waals surface area contributed by atoms with Crippen LogP contribution in [0.5, 0.6) is 0 Å². The maximum Gasteiger partial charge on any atom is 0.317 e. The van der Waals surface area contributed by atoms with E-state index in [4.69, 9.17) is 0 Å². The van der Waals surface area contributed by atoms with Crippen molar-refractivity contribution in [2.45, 2.75) is 44.9 Å². The number of Topliss-reactive ketones (excluding diaryl/α,β-unsaturated/α-hetero) is 1. The van der Waals surface area contributed by atoms with Gasteiger partial charge in [-0.25, -0.2) is 9.97 Å². The van der Waals surface area contributed by atoms with E-state index in [0.717, 1.165) is 43.1 Å². The summed E-state index contributed by atoms with van der Waals surface area (Å²) in [7, 11) is 0. The predicted molar refractivity (Wildman–Crippen MR) is 109 cm³/mol. The molecular weight excluding hydrogens is 378 g/mol. The lowest BCUT2D eigenvalue weighted by Gasteiger charge is -2.55. The fourth-order valence-electron chi connectivity index (χ4n) is 6.75. The summed E-state index contributed by atoms with van der Waals surface area (Å²) < 4.78 is 0. The van der Waals surface area contributed by atoms with E-state index < -0.39 is 11.4 Å². The normalized spacial score (nSPS) is 31.3. The van der Waals surface area contributed by atoms with E-state index in [0.29, 0.717) is 17.5 Å². The number of pyridine rings is 1. The molecule has 2 aromatic rings. The first kappa shape index (κ1) is 19.3. The maximum atomic E-state index is 14.2. The van der Waals surface area contributed by atoms with Crippen LogP contribution in [-0.4, -0.2) is 31.8 Å². The van der Waals surface area contributed by atoms with Gasteiger partial charge in [0.05, 0.1) is 0 Å². The first-order chi connectivity index (χ1) is 14.5. The number of carboxylic acids is 1. The zero-order valence-corrected chi connectivity index (χ0v) is 17.0. The van der Waals surface area contributed by atoms with Gasteiger partial charge in [0.2, 0.25) is 0 Å². The average Bonchev–Trinajstić information content (AvgIpc) is 2.73. The largest absolute Gasteiger partial charge is 0.480 e. The number of carbonyl (C=O) groups is 2. The molecule has 6 nitrogen and oxygen atoms in total. The number of nitrogens with zero attached hydrogens (tertiary/aromatic N) is 3. The second kappa shape index (κ2) is 7.56. The number of aromatic nitrogens is 3. The number of rotatable bonds is 7. The van der Waals surface area contributed by atoms with Crippen LogP contribution in [0, 0.1) is 35.0 Å². The Balaban J connectivity index is 1.54. The number of aliphatic carboxylic acids is 1. The van der Waals surface area contributed by atoms with Crippen LogP contribution in [0.25, 0.3) is 0 Å². The highest BCUT2D eigenvalue weighted by Gasteiger charge is 2.57. The third-order valence-corrected chi connectivity index (χ3v) is 7.79. The lowest BCUT2D eigenvalue weighted by molar-refractivity contribution is -0.162. The van der Waals surface area contributed by atoms with Gasteiger partial charge in [-0.05, 0) is 86.0 Å². The zero-order valence-electron chi connectivity index (χ0n) is 17.0. The molecule has 0 aliphatic heterocycles. The second-order valence-electron chi connectivity index (χ2n) is 9.62. The number of ketones is 1. The highest BCUT2D eigenvalue weighted by Crippen LogP contribution is 2.58. The molecule has 0 radical (unpaired) electrons. The summed E-state index contributed by atoms with van der Waals surface area (Å²) in [5.41, 5.74) is -0.104. The standard InChI is InChI=1S/C24H27N3O3/c28-22(21-18-8-16-7-17(10-18)11-19(21)9-16)24(23(29)30,12-15-1-4-25-5-2-15)13-20-3-6-26-14-27-20/h1-6,14,16-19,21H,7-13H2,(H,29,30). The van der Waals surface area contributed by atoms with Crippen molar-refractivity contribution in [3.8, 4) is 0 Å². The SMILES string of the molecule is O=C(O)C(Cc1ccncc1)(Cc1ccncn1)C(=O)C1C2CC3CC(C2)CC1C3. The molecule has 30 heavy (non-hydrogen) atoms. The lowest BCUT2D eigenvalue weighted by Crippen LogP contribution is -2.55. The molecule has 4 fully saturated rings. The Morgan fingerprint density at radius 2 is 1.53 bits per heavy atom. The van der Waals surface area contributed by atoms with Gasteiger partial charge in [-0.3, -0.25) is 14.6 Å². The van der Waals surface area contributed by atoms with E-state index in [1.54, 1.807) is 24.7 Å². The quantitative estimate of drug-likeness (QED) is 0.710. The zero-order chi connectivity index (χ0) is 20.7. The van der Waals surface area contributed by atoms with Crippen molar-refractivity contribution < 1.29 is 14.7 Å². The predicted octanol–water partition coefficient (Wildman–Crippen LogP) is 3.37. The Kier molecular flexibility index (Phi) is 4.88. The van der Waals surface area contributed by atoms with Crippen LogP contribution in [0.2, 0.25) is 0 Å².